The highest BCUT2D eigenvalue weighted by Gasteiger charge is 2.18. The molecule has 1 aliphatic rings. The van der Waals surface area contributed by atoms with E-state index in [2.05, 4.69) is 22.4 Å². The Morgan fingerprint density at radius 3 is 2.50 bits per heavy atom. The van der Waals surface area contributed by atoms with Crippen molar-refractivity contribution >= 4 is 5.91 Å². The summed E-state index contributed by atoms with van der Waals surface area (Å²) >= 11 is 0. The summed E-state index contributed by atoms with van der Waals surface area (Å²) in [5.74, 6) is 0.259. The zero-order valence-corrected chi connectivity index (χ0v) is 14.0. The van der Waals surface area contributed by atoms with E-state index in [0.717, 1.165) is 31.6 Å². The van der Waals surface area contributed by atoms with Crippen molar-refractivity contribution in [1.82, 2.24) is 15.2 Å². The molecule has 1 amide bonds. The Morgan fingerprint density at radius 1 is 1.04 bits per heavy atom. The van der Waals surface area contributed by atoms with Gasteiger partial charge in [-0.1, -0.05) is 36.4 Å². The topological polar surface area (TPSA) is 45.2 Å². The first kappa shape index (κ1) is 16.7. The van der Waals surface area contributed by atoms with Gasteiger partial charge in [0, 0.05) is 32.3 Å². The van der Waals surface area contributed by atoms with Crippen molar-refractivity contribution in [1.29, 1.82) is 0 Å². The van der Waals surface area contributed by atoms with Crippen LogP contribution in [-0.4, -0.2) is 35.4 Å². The lowest BCUT2D eigenvalue weighted by Gasteiger charge is -2.27. The first-order chi connectivity index (χ1) is 11.8. The van der Waals surface area contributed by atoms with Crippen molar-refractivity contribution in [3.8, 4) is 0 Å². The van der Waals surface area contributed by atoms with Gasteiger partial charge < -0.3 is 10.2 Å². The molecule has 1 unspecified atom stereocenters. The first-order valence-electron chi connectivity index (χ1n) is 8.81. The maximum Gasteiger partial charge on any atom is 0.223 e. The summed E-state index contributed by atoms with van der Waals surface area (Å²) in [4.78, 5) is 18.8. The third-order valence-corrected chi connectivity index (χ3v) is 4.51. The molecule has 0 saturated carbocycles. The Hall–Kier alpha value is -2.20. The molecule has 2 aromatic rings. The van der Waals surface area contributed by atoms with Crippen LogP contribution in [0.2, 0.25) is 0 Å². The van der Waals surface area contributed by atoms with Gasteiger partial charge in [0.15, 0.2) is 0 Å². The molecule has 3 rings (SSSR count). The Kier molecular flexibility index (Phi) is 5.96. The van der Waals surface area contributed by atoms with E-state index in [-0.39, 0.29) is 11.9 Å². The van der Waals surface area contributed by atoms with E-state index in [1.807, 2.05) is 47.5 Å². The van der Waals surface area contributed by atoms with Gasteiger partial charge in [0.1, 0.15) is 0 Å². The summed E-state index contributed by atoms with van der Waals surface area (Å²) in [5, 5.41) is 3.51. The van der Waals surface area contributed by atoms with Crippen molar-refractivity contribution in [2.75, 3.05) is 19.6 Å². The fourth-order valence-corrected chi connectivity index (χ4v) is 3.21. The average Bonchev–Trinajstić information content (AvgIpc) is 2.67. The second-order valence-electron chi connectivity index (χ2n) is 6.24. The molecule has 126 valence electrons. The standard InChI is InChI=1S/C20H25N3O/c24-19(23-15-7-2-8-16-23)12-14-22-20(17-9-3-1-4-10-17)18-11-5-6-13-21-18/h1,3-6,9-11,13,20,22H,2,7-8,12,14-16H2. The van der Waals surface area contributed by atoms with Crippen LogP contribution < -0.4 is 5.32 Å². The molecule has 0 aliphatic carbocycles. The van der Waals surface area contributed by atoms with E-state index in [0.29, 0.717) is 13.0 Å². The van der Waals surface area contributed by atoms with E-state index in [1.54, 1.807) is 0 Å². The number of nitrogens with one attached hydrogen (secondary N) is 1. The summed E-state index contributed by atoms with van der Waals surface area (Å²) in [6.07, 6.45) is 5.87. The van der Waals surface area contributed by atoms with Crippen LogP contribution >= 0.6 is 0 Å². The summed E-state index contributed by atoms with van der Waals surface area (Å²) in [5.41, 5.74) is 2.15. The number of benzene rings is 1. The zero-order chi connectivity index (χ0) is 16.6. The van der Waals surface area contributed by atoms with Crippen LogP contribution in [0.3, 0.4) is 0 Å². The summed E-state index contributed by atoms with van der Waals surface area (Å²) in [7, 11) is 0. The zero-order valence-electron chi connectivity index (χ0n) is 14.0. The average molecular weight is 323 g/mol. The molecule has 1 saturated heterocycles. The maximum absolute atomic E-state index is 12.3. The smallest absolute Gasteiger partial charge is 0.223 e. The molecule has 0 spiro atoms. The van der Waals surface area contributed by atoms with Gasteiger partial charge in [-0.05, 0) is 37.0 Å². The predicted octanol–water partition coefficient (Wildman–Crippen LogP) is 3.16. The molecule has 2 heterocycles. The minimum atomic E-state index is 0.0153. The van der Waals surface area contributed by atoms with Gasteiger partial charge in [0.2, 0.25) is 5.91 Å². The quantitative estimate of drug-likeness (QED) is 0.888. The van der Waals surface area contributed by atoms with Gasteiger partial charge in [-0.2, -0.15) is 0 Å². The molecule has 1 aliphatic heterocycles. The molecule has 4 heteroatoms. The van der Waals surface area contributed by atoms with E-state index >= 15 is 0 Å². The fraction of sp³-hybridized carbons (Fsp3) is 0.400. The number of nitrogens with zero attached hydrogens (tertiary/aromatic N) is 2. The van der Waals surface area contributed by atoms with Gasteiger partial charge >= 0.3 is 0 Å². The van der Waals surface area contributed by atoms with Crippen molar-refractivity contribution in [3.63, 3.8) is 0 Å². The Labute approximate surface area is 143 Å². The fourth-order valence-electron chi connectivity index (χ4n) is 3.21. The molecule has 1 N–H and O–H groups in total. The third kappa shape index (κ3) is 4.42. The lowest BCUT2D eigenvalue weighted by Crippen LogP contribution is -2.37. The number of amides is 1. The number of rotatable bonds is 6. The van der Waals surface area contributed by atoms with E-state index in [1.165, 1.54) is 12.0 Å². The highest BCUT2D eigenvalue weighted by molar-refractivity contribution is 5.76. The van der Waals surface area contributed by atoms with Crippen LogP contribution in [0.1, 0.15) is 43.0 Å². The van der Waals surface area contributed by atoms with Crippen LogP contribution in [0, 0.1) is 0 Å². The first-order valence-corrected chi connectivity index (χ1v) is 8.81. The van der Waals surface area contributed by atoms with Crippen LogP contribution in [-0.2, 0) is 4.79 Å². The van der Waals surface area contributed by atoms with Gasteiger partial charge in [-0.3, -0.25) is 9.78 Å². The van der Waals surface area contributed by atoms with Gasteiger partial charge in [0.25, 0.3) is 0 Å². The molecule has 1 aromatic heterocycles. The molecule has 1 aromatic carbocycles. The van der Waals surface area contributed by atoms with Crippen molar-refractivity contribution in [2.24, 2.45) is 0 Å². The van der Waals surface area contributed by atoms with E-state index < -0.39 is 0 Å². The maximum atomic E-state index is 12.3. The number of hydrogen-bond acceptors (Lipinski definition) is 3. The summed E-state index contributed by atoms with van der Waals surface area (Å²) in [6, 6.07) is 16.2. The number of carbonyl (C=O) groups excluding carboxylic acids is 1. The number of hydrogen-bond donors (Lipinski definition) is 1. The van der Waals surface area contributed by atoms with Crippen LogP contribution in [0.25, 0.3) is 0 Å². The third-order valence-electron chi connectivity index (χ3n) is 4.51. The number of carbonyl (C=O) groups is 1. The molecule has 1 fully saturated rings. The molecular formula is C20H25N3O. The Balaban J connectivity index is 1.61. The highest BCUT2D eigenvalue weighted by atomic mass is 16.2. The molecule has 0 radical (unpaired) electrons. The van der Waals surface area contributed by atoms with Crippen LogP contribution in [0.15, 0.2) is 54.7 Å². The lowest BCUT2D eigenvalue weighted by molar-refractivity contribution is -0.132. The van der Waals surface area contributed by atoms with Gasteiger partial charge in [-0.15, -0.1) is 0 Å². The van der Waals surface area contributed by atoms with Crippen molar-refractivity contribution in [3.05, 3.63) is 66.0 Å². The summed E-state index contributed by atoms with van der Waals surface area (Å²) in [6.45, 7) is 2.49. The van der Waals surface area contributed by atoms with Crippen molar-refractivity contribution < 1.29 is 4.79 Å². The molecule has 24 heavy (non-hydrogen) atoms. The number of piperidine rings is 1. The largest absolute Gasteiger partial charge is 0.343 e. The van der Waals surface area contributed by atoms with Crippen molar-refractivity contribution in [2.45, 2.75) is 31.7 Å². The molecular weight excluding hydrogens is 298 g/mol. The minimum absolute atomic E-state index is 0.0153. The molecule has 1 atom stereocenters. The van der Waals surface area contributed by atoms with E-state index in [9.17, 15) is 4.79 Å². The predicted molar refractivity (Wildman–Crippen MR) is 95.6 cm³/mol. The second kappa shape index (κ2) is 8.60. The molecule has 0 bridgehead atoms. The van der Waals surface area contributed by atoms with Gasteiger partial charge in [-0.25, -0.2) is 0 Å². The summed E-state index contributed by atoms with van der Waals surface area (Å²) < 4.78 is 0. The van der Waals surface area contributed by atoms with E-state index in [4.69, 9.17) is 0 Å². The number of likely N-dealkylation sites (tertiary alicyclic amines) is 1. The normalized spacial score (nSPS) is 15.9. The van der Waals surface area contributed by atoms with Gasteiger partial charge in [0.05, 0.1) is 11.7 Å². The lowest BCUT2D eigenvalue weighted by atomic mass is 10.0. The Bertz CT molecular complexity index is 584. The second-order valence-corrected chi connectivity index (χ2v) is 6.24. The van der Waals surface area contributed by atoms with Crippen LogP contribution in [0.4, 0.5) is 0 Å². The van der Waals surface area contributed by atoms with Crippen LogP contribution in [0.5, 0.6) is 0 Å². The number of aromatic nitrogens is 1. The minimum Gasteiger partial charge on any atom is -0.343 e. The highest BCUT2D eigenvalue weighted by Crippen LogP contribution is 2.20. The number of pyridine rings is 1. The molecule has 4 nitrogen and oxygen atoms in total. The monoisotopic (exact) mass is 323 g/mol. The Morgan fingerprint density at radius 2 is 1.79 bits per heavy atom. The SMILES string of the molecule is O=C(CCNC(c1ccccc1)c1ccccn1)N1CCCCC1.